The van der Waals surface area contributed by atoms with E-state index in [1.165, 1.54) is 18.4 Å². The predicted molar refractivity (Wildman–Crippen MR) is 92.4 cm³/mol. The molecule has 7 nitrogen and oxygen atoms in total. The van der Waals surface area contributed by atoms with Crippen LogP contribution >= 0.6 is 0 Å². The van der Waals surface area contributed by atoms with Gasteiger partial charge >= 0.3 is 0 Å². The van der Waals surface area contributed by atoms with Gasteiger partial charge in [0.05, 0.1) is 11.1 Å². The van der Waals surface area contributed by atoms with Crippen LogP contribution in [0.5, 0.6) is 0 Å². The molecule has 1 N–H and O–H groups in total. The summed E-state index contributed by atoms with van der Waals surface area (Å²) < 4.78 is 27.1. The summed E-state index contributed by atoms with van der Waals surface area (Å²) >= 11 is 0. The molecule has 2 heterocycles. The van der Waals surface area contributed by atoms with Crippen molar-refractivity contribution in [3.8, 4) is 0 Å². The molecule has 0 atom stereocenters. The third kappa shape index (κ3) is 3.10. The molecule has 2 aromatic heterocycles. The Balaban J connectivity index is 1.78. The second kappa shape index (κ2) is 6.21. The van der Waals surface area contributed by atoms with Gasteiger partial charge in [-0.25, -0.2) is 17.7 Å². The zero-order chi connectivity index (χ0) is 17.3. The molecule has 3 rings (SSSR count). The Labute approximate surface area is 141 Å². The van der Waals surface area contributed by atoms with Gasteiger partial charge in [-0.2, -0.15) is 9.61 Å². The largest absolute Gasteiger partial charge is 0.366 e. The molecule has 0 aliphatic heterocycles. The van der Waals surface area contributed by atoms with Gasteiger partial charge in [-0.3, -0.25) is 0 Å². The standard InChI is InChI=1S/C16H19N5O2S/c1-12-10-16(21-15(19-12)8-9-18-21)17-11-13-4-6-14(7-5-13)24(22,23)20(2)3/h4-10,17H,11H2,1-3H3. The van der Waals surface area contributed by atoms with Crippen molar-refractivity contribution in [2.75, 3.05) is 19.4 Å². The molecule has 0 aliphatic carbocycles. The Morgan fingerprint density at radius 3 is 2.54 bits per heavy atom. The third-order valence-corrected chi connectivity index (χ3v) is 5.49. The van der Waals surface area contributed by atoms with Crippen molar-refractivity contribution in [3.63, 3.8) is 0 Å². The lowest BCUT2D eigenvalue weighted by Crippen LogP contribution is -2.22. The van der Waals surface area contributed by atoms with Crippen LogP contribution in [0.4, 0.5) is 5.82 Å². The monoisotopic (exact) mass is 345 g/mol. The van der Waals surface area contributed by atoms with E-state index in [0.717, 1.165) is 22.7 Å². The van der Waals surface area contributed by atoms with Crippen molar-refractivity contribution in [2.45, 2.75) is 18.4 Å². The van der Waals surface area contributed by atoms with E-state index in [1.807, 2.05) is 19.1 Å². The SMILES string of the molecule is Cc1cc(NCc2ccc(S(=O)(=O)N(C)C)cc2)n2nccc2n1. The average molecular weight is 345 g/mol. The number of benzene rings is 1. The molecule has 0 unspecified atom stereocenters. The van der Waals surface area contributed by atoms with Crippen molar-refractivity contribution < 1.29 is 8.42 Å². The molecule has 0 saturated heterocycles. The second-order valence-electron chi connectivity index (χ2n) is 5.67. The molecule has 0 spiro atoms. The lowest BCUT2D eigenvalue weighted by atomic mass is 10.2. The van der Waals surface area contributed by atoms with Crippen molar-refractivity contribution in [1.82, 2.24) is 18.9 Å². The zero-order valence-electron chi connectivity index (χ0n) is 13.8. The molecular formula is C16H19N5O2S. The highest BCUT2D eigenvalue weighted by Gasteiger charge is 2.16. The number of rotatable bonds is 5. The van der Waals surface area contributed by atoms with E-state index >= 15 is 0 Å². The first kappa shape index (κ1) is 16.4. The van der Waals surface area contributed by atoms with E-state index in [0.29, 0.717) is 6.54 Å². The fourth-order valence-electron chi connectivity index (χ4n) is 2.35. The van der Waals surface area contributed by atoms with Crippen LogP contribution in [0.15, 0.2) is 47.5 Å². The predicted octanol–water partition coefficient (Wildman–Crippen LogP) is 1.90. The highest BCUT2D eigenvalue weighted by atomic mass is 32.2. The summed E-state index contributed by atoms with van der Waals surface area (Å²) in [5, 5.41) is 7.56. The minimum atomic E-state index is -3.40. The molecule has 1 aromatic carbocycles. The van der Waals surface area contributed by atoms with Gasteiger partial charge in [-0.15, -0.1) is 0 Å². The van der Waals surface area contributed by atoms with Gasteiger partial charge in [-0.05, 0) is 24.6 Å². The fraction of sp³-hybridized carbons (Fsp3) is 0.250. The van der Waals surface area contributed by atoms with Gasteiger partial charge in [0.2, 0.25) is 10.0 Å². The summed E-state index contributed by atoms with van der Waals surface area (Å²) in [5.41, 5.74) is 2.66. The van der Waals surface area contributed by atoms with Gasteiger partial charge in [-0.1, -0.05) is 12.1 Å². The Morgan fingerprint density at radius 2 is 1.88 bits per heavy atom. The Morgan fingerprint density at radius 1 is 1.17 bits per heavy atom. The molecule has 0 bridgehead atoms. The van der Waals surface area contributed by atoms with E-state index < -0.39 is 10.0 Å². The number of nitrogens with zero attached hydrogens (tertiary/aromatic N) is 4. The molecule has 0 radical (unpaired) electrons. The highest BCUT2D eigenvalue weighted by Crippen LogP contribution is 2.16. The zero-order valence-corrected chi connectivity index (χ0v) is 14.6. The maximum absolute atomic E-state index is 12.1. The van der Waals surface area contributed by atoms with Crippen molar-refractivity contribution in [2.24, 2.45) is 0 Å². The number of anilines is 1. The average Bonchev–Trinajstić information content (AvgIpc) is 3.01. The molecule has 0 aliphatic rings. The Kier molecular flexibility index (Phi) is 4.25. The molecule has 126 valence electrons. The first-order valence-electron chi connectivity index (χ1n) is 7.44. The third-order valence-electron chi connectivity index (χ3n) is 3.66. The van der Waals surface area contributed by atoms with Gasteiger partial charge in [0.15, 0.2) is 5.65 Å². The van der Waals surface area contributed by atoms with E-state index in [2.05, 4.69) is 15.4 Å². The maximum atomic E-state index is 12.1. The number of fused-ring (bicyclic) bond motifs is 1. The molecule has 0 amide bonds. The second-order valence-corrected chi connectivity index (χ2v) is 7.82. The van der Waals surface area contributed by atoms with E-state index in [9.17, 15) is 8.42 Å². The van der Waals surface area contributed by atoms with E-state index in [4.69, 9.17) is 0 Å². The minimum Gasteiger partial charge on any atom is -0.366 e. The number of aryl methyl sites for hydroxylation is 1. The molecule has 8 heteroatoms. The lowest BCUT2D eigenvalue weighted by Gasteiger charge is -2.12. The number of hydrogen-bond acceptors (Lipinski definition) is 5. The van der Waals surface area contributed by atoms with Crippen molar-refractivity contribution >= 4 is 21.5 Å². The van der Waals surface area contributed by atoms with Gasteiger partial charge in [0, 0.05) is 38.5 Å². The van der Waals surface area contributed by atoms with Gasteiger partial charge < -0.3 is 5.32 Å². The maximum Gasteiger partial charge on any atom is 0.242 e. The smallest absolute Gasteiger partial charge is 0.242 e. The minimum absolute atomic E-state index is 0.283. The van der Waals surface area contributed by atoms with Crippen LogP contribution in [0, 0.1) is 6.92 Å². The van der Waals surface area contributed by atoms with Crippen LogP contribution in [0.25, 0.3) is 5.65 Å². The highest BCUT2D eigenvalue weighted by molar-refractivity contribution is 7.89. The van der Waals surface area contributed by atoms with Crippen molar-refractivity contribution in [1.29, 1.82) is 0 Å². The van der Waals surface area contributed by atoms with Crippen LogP contribution in [0.3, 0.4) is 0 Å². The summed E-state index contributed by atoms with van der Waals surface area (Å²) in [5.74, 6) is 0.840. The first-order valence-corrected chi connectivity index (χ1v) is 8.88. The van der Waals surface area contributed by atoms with Gasteiger partial charge in [0.25, 0.3) is 0 Å². The van der Waals surface area contributed by atoms with E-state index in [1.54, 1.807) is 35.0 Å². The molecule has 24 heavy (non-hydrogen) atoms. The molecule has 0 fully saturated rings. The van der Waals surface area contributed by atoms with Crippen LogP contribution in [-0.4, -0.2) is 41.4 Å². The summed E-state index contributed by atoms with van der Waals surface area (Å²) in [6.07, 6.45) is 1.70. The molecule has 0 saturated carbocycles. The topological polar surface area (TPSA) is 79.6 Å². The van der Waals surface area contributed by atoms with Crippen LogP contribution in [-0.2, 0) is 16.6 Å². The van der Waals surface area contributed by atoms with E-state index in [-0.39, 0.29) is 4.90 Å². The number of sulfonamides is 1. The lowest BCUT2D eigenvalue weighted by molar-refractivity contribution is 0.520. The first-order chi connectivity index (χ1) is 11.4. The summed E-state index contributed by atoms with van der Waals surface area (Å²) in [6, 6.07) is 10.6. The number of aromatic nitrogens is 3. The quantitative estimate of drug-likeness (QED) is 0.764. The summed E-state index contributed by atoms with van der Waals surface area (Å²) in [7, 11) is -0.358. The van der Waals surface area contributed by atoms with Crippen LogP contribution < -0.4 is 5.32 Å². The Hall–Kier alpha value is -2.45. The van der Waals surface area contributed by atoms with Gasteiger partial charge in [0.1, 0.15) is 5.82 Å². The number of nitrogens with one attached hydrogen (secondary N) is 1. The molecule has 3 aromatic rings. The Bertz CT molecular complexity index is 962. The molecular weight excluding hydrogens is 326 g/mol. The van der Waals surface area contributed by atoms with Crippen molar-refractivity contribution in [3.05, 3.63) is 53.9 Å². The summed E-state index contributed by atoms with van der Waals surface area (Å²) in [6.45, 7) is 2.49. The summed E-state index contributed by atoms with van der Waals surface area (Å²) in [4.78, 5) is 4.68. The van der Waals surface area contributed by atoms with Crippen LogP contribution in [0.2, 0.25) is 0 Å². The fourth-order valence-corrected chi connectivity index (χ4v) is 3.25. The van der Waals surface area contributed by atoms with Crippen LogP contribution in [0.1, 0.15) is 11.3 Å². The normalized spacial score (nSPS) is 12.0. The number of hydrogen-bond donors (Lipinski definition) is 1.